The molecule has 1 N–H and O–H groups in total. The monoisotopic (exact) mass is 457 g/mol. The number of sulfonamides is 1. The third-order valence-corrected chi connectivity index (χ3v) is 5.86. The van der Waals surface area contributed by atoms with Crippen LogP contribution in [-0.2, 0) is 10.0 Å². The van der Waals surface area contributed by atoms with Gasteiger partial charge in [-0.3, -0.25) is 4.72 Å². The van der Waals surface area contributed by atoms with Crippen molar-refractivity contribution in [2.75, 3.05) is 18.4 Å². The summed E-state index contributed by atoms with van der Waals surface area (Å²) in [5.74, 6) is 1.41. The van der Waals surface area contributed by atoms with E-state index in [0.717, 1.165) is 5.56 Å². The van der Waals surface area contributed by atoms with E-state index < -0.39 is 10.0 Å². The maximum Gasteiger partial charge on any atom is 0.279 e. The quantitative estimate of drug-likeness (QED) is 0.487. The molecule has 3 aromatic rings. The Hall–Kier alpha value is -3.33. The van der Waals surface area contributed by atoms with Crippen molar-refractivity contribution in [1.29, 1.82) is 0 Å². The van der Waals surface area contributed by atoms with Crippen molar-refractivity contribution in [3.8, 4) is 23.1 Å². The maximum atomic E-state index is 13.1. The van der Waals surface area contributed by atoms with Crippen LogP contribution in [0, 0.1) is 6.92 Å². The normalized spacial score (nSPS) is 11.3. The Balaban J connectivity index is 2.04. The molecule has 2 heterocycles. The first-order chi connectivity index (χ1) is 15.2. The number of nitrogens with zero attached hydrogens (tertiary/aromatic N) is 2. The van der Waals surface area contributed by atoms with Crippen LogP contribution in [0.5, 0.6) is 23.1 Å². The number of anilines is 1. The van der Waals surface area contributed by atoms with Gasteiger partial charge in [-0.05, 0) is 49.6 Å². The summed E-state index contributed by atoms with van der Waals surface area (Å²) in [7, 11) is -2.47. The number of hydrogen-bond acceptors (Lipinski definition) is 7. The van der Waals surface area contributed by atoms with Crippen LogP contribution in [0.25, 0.3) is 0 Å². The van der Waals surface area contributed by atoms with Gasteiger partial charge in [-0.1, -0.05) is 32.0 Å². The summed E-state index contributed by atoms with van der Waals surface area (Å²) in [6.45, 7) is 7.90. The Bertz CT molecular complexity index is 1180. The molecule has 0 radical (unpaired) electrons. The maximum absolute atomic E-state index is 13.1. The lowest BCUT2D eigenvalue weighted by Crippen LogP contribution is -2.16. The van der Waals surface area contributed by atoms with E-state index in [0.29, 0.717) is 23.8 Å². The molecule has 170 valence electrons. The van der Waals surface area contributed by atoms with Gasteiger partial charge in [0, 0.05) is 11.9 Å². The van der Waals surface area contributed by atoms with Crippen molar-refractivity contribution in [2.45, 2.75) is 38.6 Å². The van der Waals surface area contributed by atoms with Crippen molar-refractivity contribution in [1.82, 2.24) is 9.97 Å². The molecule has 0 spiro atoms. The van der Waals surface area contributed by atoms with Crippen LogP contribution >= 0.6 is 0 Å². The molecule has 0 amide bonds. The molecule has 9 heteroatoms. The number of benzene rings is 1. The molecule has 0 unspecified atom stereocenters. The van der Waals surface area contributed by atoms with E-state index >= 15 is 0 Å². The molecular weight excluding hydrogens is 430 g/mol. The van der Waals surface area contributed by atoms with E-state index in [1.54, 1.807) is 56.4 Å². The molecule has 0 aliphatic rings. The second kappa shape index (κ2) is 9.86. The second-order valence-electron chi connectivity index (χ2n) is 7.32. The molecule has 0 bridgehead atoms. The van der Waals surface area contributed by atoms with E-state index in [1.165, 1.54) is 13.2 Å². The van der Waals surface area contributed by atoms with E-state index in [1.807, 2.05) is 13.8 Å². The van der Waals surface area contributed by atoms with Crippen LogP contribution in [0.4, 0.5) is 5.69 Å². The highest BCUT2D eigenvalue weighted by Gasteiger charge is 2.23. The fraction of sp³-hybridized carbons (Fsp3) is 0.304. The zero-order valence-electron chi connectivity index (χ0n) is 18.7. The minimum Gasteiger partial charge on any atom is -0.493 e. The molecular formula is C23H27N3O5S. The number of ether oxygens (including phenoxy) is 3. The van der Waals surface area contributed by atoms with E-state index in [9.17, 15) is 8.42 Å². The molecule has 1 aromatic carbocycles. The van der Waals surface area contributed by atoms with Gasteiger partial charge in [-0.2, -0.15) is 8.42 Å². The highest BCUT2D eigenvalue weighted by Crippen LogP contribution is 2.41. The van der Waals surface area contributed by atoms with Crippen LogP contribution < -0.4 is 18.9 Å². The van der Waals surface area contributed by atoms with Gasteiger partial charge in [0.05, 0.1) is 19.4 Å². The fourth-order valence-corrected chi connectivity index (χ4v) is 3.93. The SMILES string of the molecule is CCOc1nc(C)cc(NS(=O)(=O)c2ccc(C(C)C)cn2)c1Oc1ccccc1OC. The van der Waals surface area contributed by atoms with Gasteiger partial charge in [0.2, 0.25) is 5.75 Å². The molecule has 0 aliphatic heterocycles. The molecule has 0 saturated heterocycles. The number of hydrogen-bond donors (Lipinski definition) is 1. The van der Waals surface area contributed by atoms with Gasteiger partial charge in [-0.25, -0.2) is 9.97 Å². The first-order valence-corrected chi connectivity index (χ1v) is 11.7. The average Bonchev–Trinajstić information content (AvgIpc) is 2.76. The molecule has 8 nitrogen and oxygen atoms in total. The average molecular weight is 458 g/mol. The Kier molecular flexibility index (Phi) is 7.19. The highest BCUT2D eigenvalue weighted by atomic mass is 32.2. The van der Waals surface area contributed by atoms with E-state index in [-0.39, 0.29) is 28.3 Å². The zero-order chi connectivity index (χ0) is 23.3. The largest absolute Gasteiger partial charge is 0.493 e. The van der Waals surface area contributed by atoms with Crippen LogP contribution in [-0.4, -0.2) is 32.1 Å². The van der Waals surface area contributed by atoms with Crippen molar-refractivity contribution >= 4 is 15.7 Å². The molecule has 0 saturated carbocycles. The Labute approximate surface area is 188 Å². The topological polar surface area (TPSA) is 99.6 Å². The molecule has 32 heavy (non-hydrogen) atoms. The summed E-state index contributed by atoms with van der Waals surface area (Å²) in [6.07, 6.45) is 1.56. The predicted octanol–water partition coefficient (Wildman–Crippen LogP) is 4.91. The summed E-state index contributed by atoms with van der Waals surface area (Å²) in [4.78, 5) is 8.50. The van der Waals surface area contributed by atoms with Crippen molar-refractivity contribution in [2.24, 2.45) is 0 Å². The highest BCUT2D eigenvalue weighted by molar-refractivity contribution is 7.92. The Morgan fingerprint density at radius 3 is 2.41 bits per heavy atom. The number of aryl methyl sites for hydroxylation is 1. The van der Waals surface area contributed by atoms with Crippen LogP contribution in [0.2, 0.25) is 0 Å². The summed E-state index contributed by atoms with van der Waals surface area (Å²) in [5.41, 5.74) is 1.69. The van der Waals surface area contributed by atoms with Gasteiger partial charge < -0.3 is 14.2 Å². The van der Waals surface area contributed by atoms with Crippen LogP contribution in [0.1, 0.15) is 37.9 Å². The second-order valence-corrected chi connectivity index (χ2v) is 8.95. The van der Waals surface area contributed by atoms with Gasteiger partial charge in [-0.15, -0.1) is 0 Å². The van der Waals surface area contributed by atoms with Crippen molar-refractivity contribution in [3.63, 3.8) is 0 Å². The summed E-state index contributed by atoms with van der Waals surface area (Å²) in [6, 6.07) is 11.8. The van der Waals surface area contributed by atoms with Crippen molar-refractivity contribution < 1.29 is 22.6 Å². The van der Waals surface area contributed by atoms with Crippen LogP contribution in [0.15, 0.2) is 53.7 Å². The predicted molar refractivity (Wildman–Crippen MR) is 122 cm³/mol. The number of rotatable bonds is 9. The lowest BCUT2D eigenvalue weighted by atomic mass is 10.1. The van der Waals surface area contributed by atoms with Gasteiger partial charge in [0.1, 0.15) is 0 Å². The molecule has 0 fully saturated rings. The first kappa shape index (κ1) is 23.3. The smallest absolute Gasteiger partial charge is 0.279 e. The van der Waals surface area contributed by atoms with E-state index in [2.05, 4.69) is 14.7 Å². The van der Waals surface area contributed by atoms with Gasteiger partial charge in [0.15, 0.2) is 16.5 Å². The molecule has 3 rings (SSSR count). The summed E-state index contributed by atoms with van der Waals surface area (Å²) >= 11 is 0. The van der Waals surface area contributed by atoms with Crippen LogP contribution in [0.3, 0.4) is 0 Å². The molecule has 0 aliphatic carbocycles. The van der Waals surface area contributed by atoms with Gasteiger partial charge >= 0.3 is 0 Å². The lowest BCUT2D eigenvalue weighted by molar-refractivity contribution is 0.304. The summed E-state index contributed by atoms with van der Waals surface area (Å²) < 4.78 is 45.8. The van der Waals surface area contributed by atoms with E-state index in [4.69, 9.17) is 14.2 Å². The molecule has 2 aromatic heterocycles. The lowest BCUT2D eigenvalue weighted by Gasteiger charge is -2.18. The zero-order valence-corrected chi connectivity index (χ0v) is 19.6. The van der Waals surface area contributed by atoms with Crippen molar-refractivity contribution in [3.05, 3.63) is 59.9 Å². The number of nitrogens with one attached hydrogen (secondary N) is 1. The Morgan fingerprint density at radius 2 is 1.81 bits per heavy atom. The minimum absolute atomic E-state index is 0.0995. The summed E-state index contributed by atoms with van der Waals surface area (Å²) in [5, 5.41) is -0.0995. The Morgan fingerprint density at radius 1 is 1.09 bits per heavy atom. The number of aromatic nitrogens is 2. The fourth-order valence-electron chi connectivity index (χ4n) is 2.94. The number of pyridine rings is 2. The number of para-hydroxylation sites is 2. The third kappa shape index (κ3) is 5.28. The molecule has 0 atom stereocenters. The minimum atomic E-state index is -3.99. The third-order valence-electron chi connectivity index (χ3n) is 4.58. The first-order valence-electron chi connectivity index (χ1n) is 10.2. The van der Waals surface area contributed by atoms with Gasteiger partial charge in [0.25, 0.3) is 15.9 Å². The number of methoxy groups -OCH3 is 1. The standard InChI is InChI=1S/C23H27N3O5S/c1-6-30-23-22(31-20-10-8-7-9-19(20)29-5)18(13-16(4)25-23)26-32(27,28)21-12-11-17(14-24-21)15(2)3/h7-15H,6H2,1-5H3,(H,25,26).